The quantitative estimate of drug-likeness (QED) is 0.595. The van der Waals surface area contributed by atoms with Crippen LogP contribution in [-0.4, -0.2) is 24.1 Å². The summed E-state index contributed by atoms with van der Waals surface area (Å²) in [6.45, 7) is 7.24. The Balaban J connectivity index is 1.59. The molecule has 5 heteroatoms. The number of ether oxygens (including phenoxy) is 2. The molecular weight excluding hydrogens is 364 g/mol. The maximum absolute atomic E-state index is 12.9. The zero-order chi connectivity index (χ0) is 20.4. The Bertz CT molecular complexity index is 1040. The Morgan fingerprint density at radius 2 is 1.90 bits per heavy atom. The maximum Gasteiger partial charge on any atom is 0.255 e. The van der Waals surface area contributed by atoms with Crippen molar-refractivity contribution in [1.29, 1.82) is 0 Å². The summed E-state index contributed by atoms with van der Waals surface area (Å²) in [5.74, 6) is 1.87. The average molecular weight is 392 g/mol. The minimum Gasteiger partial charge on any atom is -0.490 e. The molecule has 0 saturated carbocycles. The predicted molar refractivity (Wildman–Crippen MR) is 116 cm³/mol. The topological polar surface area (TPSA) is 63.3 Å². The third kappa shape index (κ3) is 3.95. The van der Waals surface area contributed by atoms with Gasteiger partial charge in [-0.05, 0) is 74.9 Å². The molecule has 4 rings (SSSR count). The average Bonchev–Trinajstić information content (AvgIpc) is 3.07. The number of carbonyl (C=O) groups is 1. The van der Waals surface area contributed by atoms with Crippen molar-refractivity contribution < 1.29 is 14.3 Å². The van der Waals surface area contributed by atoms with Gasteiger partial charge in [0.05, 0.1) is 13.2 Å². The number of nitrogens with one attached hydrogen (secondary N) is 2. The van der Waals surface area contributed by atoms with Gasteiger partial charge in [-0.3, -0.25) is 4.79 Å². The number of hydrogen-bond acceptors (Lipinski definition) is 3. The molecule has 152 valence electrons. The maximum atomic E-state index is 12.9. The Morgan fingerprint density at radius 1 is 1.10 bits per heavy atom. The largest absolute Gasteiger partial charge is 0.490 e. The number of rotatable bonds is 6. The minimum atomic E-state index is -0.127. The van der Waals surface area contributed by atoms with Crippen LogP contribution >= 0.6 is 0 Å². The van der Waals surface area contributed by atoms with E-state index in [2.05, 4.69) is 17.2 Å². The van der Waals surface area contributed by atoms with E-state index >= 15 is 0 Å². The van der Waals surface area contributed by atoms with Gasteiger partial charge in [-0.25, -0.2) is 0 Å². The molecule has 0 aliphatic heterocycles. The molecule has 0 radical (unpaired) electrons. The van der Waals surface area contributed by atoms with Gasteiger partial charge in [0.15, 0.2) is 11.5 Å². The van der Waals surface area contributed by atoms with Gasteiger partial charge in [0.25, 0.3) is 5.91 Å². The van der Waals surface area contributed by atoms with E-state index in [1.807, 2.05) is 50.2 Å². The van der Waals surface area contributed by atoms with Crippen molar-refractivity contribution in [3.63, 3.8) is 0 Å². The smallest absolute Gasteiger partial charge is 0.255 e. The van der Waals surface area contributed by atoms with Crippen LogP contribution in [0.4, 0.5) is 5.69 Å². The highest BCUT2D eigenvalue weighted by atomic mass is 16.5. The fraction of sp³-hybridized carbons (Fsp3) is 0.375. The number of amides is 1. The second-order valence-corrected chi connectivity index (χ2v) is 7.67. The van der Waals surface area contributed by atoms with Gasteiger partial charge in [0, 0.05) is 33.9 Å². The van der Waals surface area contributed by atoms with E-state index in [4.69, 9.17) is 9.47 Å². The first-order chi connectivity index (χ1) is 14.1. The standard InChI is InChI=1S/C24H28N2O3/c1-4-28-22-11-8-17(14-23(22)29-5-2)25-24(27)16-7-10-21-19(13-16)18-12-15(3)6-9-20(18)26-21/h7-8,10-11,13-15,26H,4-6,9,12H2,1-3H3,(H,25,27)/t15-/m0/s1. The van der Waals surface area contributed by atoms with Crippen molar-refractivity contribution >= 4 is 22.5 Å². The van der Waals surface area contributed by atoms with Crippen molar-refractivity contribution in [3.05, 3.63) is 53.2 Å². The molecule has 0 bridgehead atoms. The number of aromatic nitrogens is 1. The van der Waals surface area contributed by atoms with Gasteiger partial charge >= 0.3 is 0 Å². The van der Waals surface area contributed by atoms with E-state index in [1.54, 1.807) is 0 Å². The lowest BCUT2D eigenvalue weighted by Crippen LogP contribution is -2.12. The van der Waals surface area contributed by atoms with Crippen LogP contribution in [0.25, 0.3) is 10.9 Å². The van der Waals surface area contributed by atoms with Gasteiger partial charge in [0.2, 0.25) is 0 Å². The molecule has 0 unspecified atom stereocenters. The summed E-state index contributed by atoms with van der Waals surface area (Å²) in [5.41, 5.74) is 5.15. The minimum absolute atomic E-state index is 0.127. The lowest BCUT2D eigenvalue weighted by molar-refractivity contribution is 0.102. The first-order valence-electron chi connectivity index (χ1n) is 10.4. The first kappa shape index (κ1) is 19.4. The molecule has 2 N–H and O–H groups in total. The monoisotopic (exact) mass is 392 g/mol. The molecule has 1 amide bonds. The number of carbonyl (C=O) groups excluding carboxylic acids is 1. The molecule has 0 spiro atoms. The van der Waals surface area contributed by atoms with Crippen molar-refractivity contribution in [3.8, 4) is 11.5 Å². The number of benzene rings is 2. The van der Waals surface area contributed by atoms with Crippen LogP contribution in [0, 0.1) is 5.92 Å². The number of aromatic amines is 1. The first-order valence-corrected chi connectivity index (χ1v) is 10.4. The molecule has 29 heavy (non-hydrogen) atoms. The molecule has 1 heterocycles. The van der Waals surface area contributed by atoms with Crippen LogP contribution in [0.1, 0.15) is 48.8 Å². The van der Waals surface area contributed by atoms with E-state index in [0.29, 0.717) is 41.9 Å². The van der Waals surface area contributed by atoms with Crippen molar-refractivity contribution in [1.82, 2.24) is 4.98 Å². The summed E-state index contributed by atoms with van der Waals surface area (Å²) < 4.78 is 11.3. The molecular formula is C24H28N2O3. The normalized spacial score (nSPS) is 15.8. The third-order valence-corrected chi connectivity index (χ3v) is 5.50. The highest BCUT2D eigenvalue weighted by molar-refractivity contribution is 6.06. The van der Waals surface area contributed by atoms with Crippen molar-refractivity contribution in [2.75, 3.05) is 18.5 Å². The van der Waals surface area contributed by atoms with Gasteiger partial charge in [-0.1, -0.05) is 6.92 Å². The molecule has 1 aliphatic carbocycles. The van der Waals surface area contributed by atoms with Gasteiger partial charge in [0.1, 0.15) is 0 Å². The van der Waals surface area contributed by atoms with Crippen LogP contribution in [0.3, 0.4) is 0 Å². The van der Waals surface area contributed by atoms with Gasteiger partial charge < -0.3 is 19.8 Å². The SMILES string of the molecule is CCOc1ccc(NC(=O)c2ccc3[nH]c4c(c3c2)C[C@@H](C)CC4)cc1OCC. The number of anilines is 1. The third-order valence-electron chi connectivity index (χ3n) is 5.50. The van der Waals surface area contributed by atoms with E-state index in [-0.39, 0.29) is 5.91 Å². The molecule has 1 aromatic heterocycles. The van der Waals surface area contributed by atoms with E-state index in [1.165, 1.54) is 23.1 Å². The van der Waals surface area contributed by atoms with Crippen LogP contribution in [-0.2, 0) is 12.8 Å². The summed E-state index contributed by atoms with van der Waals surface area (Å²) in [6.07, 6.45) is 3.36. The summed E-state index contributed by atoms with van der Waals surface area (Å²) in [7, 11) is 0. The lowest BCUT2D eigenvalue weighted by Gasteiger charge is -2.18. The predicted octanol–water partition coefficient (Wildman–Crippen LogP) is 5.34. The molecule has 1 atom stereocenters. The highest BCUT2D eigenvalue weighted by Gasteiger charge is 2.20. The zero-order valence-corrected chi connectivity index (χ0v) is 17.3. The molecule has 0 saturated heterocycles. The second kappa shape index (κ2) is 8.19. The van der Waals surface area contributed by atoms with Crippen molar-refractivity contribution in [2.45, 2.75) is 40.0 Å². The summed E-state index contributed by atoms with van der Waals surface area (Å²) in [6, 6.07) is 11.4. The Labute approximate surface area is 171 Å². The second-order valence-electron chi connectivity index (χ2n) is 7.67. The van der Waals surface area contributed by atoms with Gasteiger partial charge in [-0.15, -0.1) is 0 Å². The molecule has 2 aromatic carbocycles. The molecule has 1 aliphatic rings. The lowest BCUT2D eigenvalue weighted by atomic mass is 9.87. The van der Waals surface area contributed by atoms with Gasteiger partial charge in [-0.2, -0.15) is 0 Å². The Hall–Kier alpha value is -2.95. The summed E-state index contributed by atoms with van der Waals surface area (Å²) in [5, 5.41) is 4.15. The van der Waals surface area contributed by atoms with Crippen molar-refractivity contribution in [2.24, 2.45) is 5.92 Å². The molecule has 5 nitrogen and oxygen atoms in total. The fourth-order valence-corrected chi connectivity index (χ4v) is 4.06. The number of aryl methyl sites for hydroxylation is 1. The van der Waals surface area contributed by atoms with Crippen LogP contribution in [0.15, 0.2) is 36.4 Å². The number of hydrogen-bond donors (Lipinski definition) is 2. The number of H-pyrrole nitrogens is 1. The summed E-state index contributed by atoms with van der Waals surface area (Å²) >= 11 is 0. The Morgan fingerprint density at radius 3 is 2.69 bits per heavy atom. The van der Waals surface area contributed by atoms with Crippen LogP contribution < -0.4 is 14.8 Å². The van der Waals surface area contributed by atoms with Crippen LogP contribution in [0.5, 0.6) is 11.5 Å². The zero-order valence-electron chi connectivity index (χ0n) is 17.3. The number of fused-ring (bicyclic) bond motifs is 3. The Kier molecular flexibility index (Phi) is 5.47. The summed E-state index contributed by atoms with van der Waals surface area (Å²) in [4.78, 5) is 16.4. The van der Waals surface area contributed by atoms with E-state index < -0.39 is 0 Å². The van der Waals surface area contributed by atoms with E-state index in [9.17, 15) is 4.79 Å². The highest BCUT2D eigenvalue weighted by Crippen LogP contribution is 2.33. The fourth-order valence-electron chi connectivity index (χ4n) is 4.06. The van der Waals surface area contributed by atoms with E-state index in [0.717, 1.165) is 18.4 Å². The molecule has 0 fully saturated rings. The van der Waals surface area contributed by atoms with Crippen LogP contribution in [0.2, 0.25) is 0 Å². The molecule has 3 aromatic rings.